The van der Waals surface area contributed by atoms with Gasteiger partial charge in [-0.3, -0.25) is 0 Å². The number of hydrogen-bond donors (Lipinski definition) is 0. The van der Waals surface area contributed by atoms with E-state index < -0.39 is 0 Å². The van der Waals surface area contributed by atoms with Gasteiger partial charge in [0.05, 0.1) is 38.6 Å². The molecule has 0 amide bonds. The molecular weight excluding hydrogens is 308 g/mol. The van der Waals surface area contributed by atoms with Gasteiger partial charge in [0.2, 0.25) is 0 Å². The third kappa shape index (κ3) is 5.08. The number of carbonyl (C=O) groups excluding carboxylic acids is 1. The van der Waals surface area contributed by atoms with Gasteiger partial charge < -0.3 is 18.9 Å². The summed E-state index contributed by atoms with van der Waals surface area (Å²) in [5.74, 6) is 0.536. The largest absolute Gasteiger partial charge is 0.497 e. The molecule has 5 heteroatoms. The maximum atomic E-state index is 11.7. The summed E-state index contributed by atoms with van der Waals surface area (Å²) in [5, 5.41) is 0. The summed E-state index contributed by atoms with van der Waals surface area (Å²) < 4.78 is 21.6. The third-order valence-electron chi connectivity index (χ3n) is 4.20. The van der Waals surface area contributed by atoms with E-state index in [1.54, 1.807) is 13.2 Å². The van der Waals surface area contributed by atoms with Crippen molar-refractivity contribution in [1.29, 1.82) is 0 Å². The molecule has 1 fully saturated rings. The summed E-state index contributed by atoms with van der Waals surface area (Å²) in [4.78, 5) is 11.7. The lowest BCUT2D eigenvalue weighted by atomic mass is 10.1. The van der Waals surface area contributed by atoms with Crippen molar-refractivity contribution in [3.63, 3.8) is 0 Å². The van der Waals surface area contributed by atoms with Crippen molar-refractivity contribution in [2.24, 2.45) is 0 Å². The number of carbonyl (C=O) groups is 1. The summed E-state index contributed by atoms with van der Waals surface area (Å²) in [6, 6.07) is 7.84. The van der Waals surface area contributed by atoms with E-state index in [1.807, 2.05) is 31.2 Å². The fraction of sp³-hybridized carbons (Fsp3) is 0.526. The average molecular weight is 334 g/mol. The average Bonchev–Trinajstić information content (AvgIpc) is 3.08. The van der Waals surface area contributed by atoms with E-state index >= 15 is 0 Å². The lowest BCUT2D eigenvalue weighted by molar-refractivity contribution is -0.137. The molecule has 132 valence electrons. The molecule has 0 N–H and O–H groups in total. The van der Waals surface area contributed by atoms with E-state index in [0.29, 0.717) is 18.8 Å². The fourth-order valence-electron chi connectivity index (χ4n) is 2.83. The quantitative estimate of drug-likeness (QED) is 0.415. The van der Waals surface area contributed by atoms with Crippen molar-refractivity contribution in [3.05, 3.63) is 41.5 Å². The first kappa shape index (κ1) is 18.5. The first-order valence-corrected chi connectivity index (χ1v) is 8.28. The van der Waals surface area contributed by atoms with Gasteiger partial charge in [0.25, 0.3) is 0 Å². The smallest absolute Gasteiger partial charge is 0.336 e. The van der Waals surface area contributed by atoms with E-state index in [4.69, 9.17) is 18.9 Å². The Labute approximate surface area is 143 Å². The first-order valence-electron chi connectivity index (χ1n) is 8.28. The summed E-state index contributed by atoms with van der Waals surface area (Å²) in [7, 11) is 3.05. The Morgan fingerprint density at radius 3 is 2.62 bits per heavy atom. The summed E-state index contributed by atoms with van der Waals surface area (Å²) in [6.07, 6.45) is 4.35. The lowest BCUT2D eigenvalue weighted by Crippen LogP contribution is -2.20. The zero-order chi connectivity index (χ0) is 17.4. The van der Waals surface area contributed by atoms with Crippen LogP contribution in [0.25, 0.3) is 0 Å². The molecule has 0 aliphatic carbocycles. The summed E-state index contributed by atoms with van der Waals surface area (Å²) >= 11 is 0. The van der Waals surface area contributed by atoms with Crippen LogP contribution in [-0.4, -0.2) is 39.0 Å². The third-order valence-corrected chi connectivity index (χ3v) is 4.20. The molecule has 1 aliphatic heterocycles. The second kappa shape index (κ2) is 9.45. The minimum atomic E-state index is -0.307. The van der Waals surface area contributed by atoms with Crippen LogP contribution in [-0.2, 0) is 25.6 Å². The Morgan fingerprint density at radius 2 is 2.00 bits per heavy atom. The van der Waals surface area contributed by atoms with Gasteiger partial charge in [0.1, 0.15) is 5.75 Å². The standard InChI is InChI=1S/C19H26O5/c1-4-17(19(20)22-3)18-10-9-16(24-18)11-12-23-13-14-5-7-15(21-2)8-6-14/h4-8,16,18H,9-13H2,1-3H3/b17-4-/t16-,18+/m0/s1. The second-order valence-electron chi connectivity index (χ2n) is 5.75. The van der Waals surface area contributed by atoms with Crippen LogP contribution in [0.1, 0.15) is 31.7 Å². The van der Waals surface area contributed by atoms with Crippen molar-refractivity contribution in [1.82, 2.24) is 0 Å². The monoisotopic (exact) mass is 334 g/mol. The van der Waals surface area contributed by atoms with Crippen molar-refractivity contribution in [2.75, 3.05) is 20.8 Å². The van der Waals surface area contributed by atoms with Gasteiger partial charge in [0.15, 0.2) is 0 Å². The molecule has 1 aliphatic rings. The van der Waals surface area contributed by atoms with Crippen molar-refractivity contribution in [3.8, 4) is 5.75 Å². The Bertz CT molecular complexity index is 549. The number of rotatable bonds is 8. The van der Waals surface area contributed by atoms with Gasteiger partial charge in [-0.1, -0.05) is 18.2 Å². The predicted octanol–water partition coefficient (Wildman–Crippen LogP) is 3.27. The van der Waals surface area contributed by atoms with Gasteiger partial charge in [-0.2, -0.15) is 0 Å². The molecule has 0 radical (unpaired) electrons. The molecule has 1 aromatic carbocycles. The number of allylic oxidation sites excluding steroid dienone is 1. The lowest BCUT2D eigenvalue weighted by Gasteiger charge is -2.15. The fourth-order valence-corrected chi connectivity index (χ4v) is 2.83. The predicted molar refractivity (Wildman–Crippen MR) is 90.9 cm³/mol. The minimum Gasteiger partial charge on any atom is -0.497 e. The van der Waals surface area contributed by atoms with Gasteiger partial charge in [-0.05, 0) is 43.9 Å². The van der Waals surface area contributed by atoms with Gasteiger partial charge in [0, 0.05) is 6.61 Å². The molecule has 5 nitrogen and oxygen atoms in total. The van der Waals surface area contributed by atoms with Crippen LogP contribution in [0.4, 0.5) is 0 Å². The Morgan fingerprint density at radius 1 is 1.25 bits per heavy atom. The molecule has 0 unspecified atom stereocenters. The van der Waals surface area contributed by atoms with Crippen molar-refractivity contribution >= 4 is 5.97 Å². The number of methoxy groups -OCH3 is 2. The highest BCUT2D eigenvalue weighted by molar-refractivity contribution is 5.89. The SMILES string of the molecule is C/C=C(\C(=O)OC)[C@H]1CC[C@@H](CCOCc2ccc(OC)cc2)O1. The van der Waals surface area contributed by atoms with Gasteiger partial charge in [-0.15, -0.1) is 0 Å². The van der Waals surface area contributed by atoms with E-state index in [0.717, 1.165) is 30.6 Å². The molecule has 2 rings (SSSR count). The number of hydrogen-bond acceptors (Lipinski definition) is 5. The Balaban J connectivity index is 1.69. The van der Waals surface area contributed by atoms with E-state index in [2.05, 4.69) is 0 Å². The van der Waals surface area contributed by atoms with E-state index in [1.165, 1.54) is 7.11 Å². The highest BCUT2D eigenvalue weighted by atomic mass is 16.5. The van der Waals surface area contributed by atoms with Crippen LogP contribution < -0.4 is 4.74 Å². The van der Waals surface area contributed by atoms with Crippen LogP contribution in [0, 0.1) is 0 Å². The summed E-state index contributed by atoms with van der Waals surface area (Å²) in [5.41, 5.74) is 1.72. The zero-order valence-electron chi connectivity index (χ0n) is 14.6. The first-order chi connectivity index (χ1) is 11.7. The normalized spacial score (nSPS) is 20.9. The minimum absolute atomic E-state index is 0.130. The van der Waals surface area contributed by atoms with Crippen LogP contribution in [0.2, 0.25) is 0 Å². The molecule has 0 spiro atoms. The van der Waals surface area contributed by atoms with E-state index in [9.17, 15) is 4.79 Å². The van der Waals surface area contributed by atoms with Crippen molar-refractivity contribution < 1.29 is 23.7 Å². The second-order valence-corrected chi connectivity index (χ2v) is 5.75. The molecule has 0 bridgehead atoms. The van der Waals surface area contributed by atoms with E-state index in [-0.39, 0.29) is 18.2 Å². The Hall–Kier alpha value is -1.85. The number of esters is 1. The van der Waals surface area contributed by atoms with Crippen LogP contribution >= 0.6 is 0 Å². The Kier molecular flexibility index (Phi) is 7.28. The number of ether oxygens (including phenoxy) is 4. The summed E-state index contributed by atoms with van der Waals surface area (Å²) in [6.45, 7) is 3.04. The van der Waals surface area contributed by atoms with Crippen LogP contribution in [0.3, 0.4) is 0 Å². The number of benzene rings is 1. The maximum absolute atomic E-state index is 11.7. The zero-order valence-corrected chi connectivity index (χ0v) is 14.6. The molecular formula is C19H26O5. The molecule has 0 saturated carbocycles. The van der Waals surface area contributed by atoms with Crippen LogP contribution in [0.5, 0.6) is 5.75 Å². The highest BCUT2D eigenvalue weighted by Crippen LogP contribution is 2.27. The molecule has 1 saturated heterocycles. The maximum Gasteiger partial charge on any atom is 0.336 e. The highest BCUT2D eigenvalue weighted by Gasteiger charge is 2.30. The van der Waals surface area contributed by atoms with Crippen molar-refractivity contribution in [2.45, 2.75) is 45.0 Å². The van der Waals surface area contributed by atoms with Gasteiger partial charge >= 0.3 is 5.97 Å². The molecule has 24 heavy (non-hydrogen) atoms. The molecule has 2 atom stereocenters. The van der Waals surface area contributed by atoms with Crippen LogP contribution in [0.15, 0.2) is 35.9 Å². The topological polar surface area (TPSA) is 54.0 Å². The molecule has 1 heterocycles. The van der Waals surface area contributed by atoms with Gasteiger partial charge in [-0.25, -0.2) is 4.79 Å². The molecule has 0 aromatic heterocycles. The molecule has 1 aromatic rings.